The molecule has 1 heterocycles. The fourth-order valence-corrected chi connectivity index (χ4v) is 2.97. The van der Waals surface area contributed by atoms with Gasteiger partial charge in [-0.3, -0.25) is 0 Å². The van der Waals surface area contributed by atoms with Crippen molar-refractivity contribution < 1.29 is 9.90 Å². The van der Waals surface area contributed by atoms with Crippen LogP contribution in [-0.4, -0.2) is 41.8 Å². The number of carbonyl (C=O) groups is 1. The Labute approximate surface area is 128 Å². The van der Waals surface area contributed by atoms with Gasteiger partial charge in [-0.1, -0.05) is 34.1 Å². The summed E-state index contributed by atoms with van der Waals surface area (Å²) in [6, 6.07) is 8.00. The van der Waals surface area contributed by atoms with Crippen molar-refractivity contribution in [3.8, 4) is 0 Å². The van der Waals surface area contributed by atoms with Crippen molar-refractivity contribution >= 4 is 22.0 Å². The standard InChI is InChI=1S/C15H21BrN2O2/c1-11(19)13-7-9-18(10-13)15(20)17-8-6-12-4-2-3-5-14(12)16/h2-5,11,13,19H,6-10H2,1H3,(H,17,20)/t11-,13-/m1/s1. The van der Waals surface area contributed by atoms with Gasteiger partial charge in [0.25, 0.3) is 0 Å². The minimum atomic E-state index is -0.340. The maximum Gasteiger partial charge on any atom is 0.317 e. The number of rotatable bonds is 4. The zero-order chi connectivity index (χ0) is 14.5. The minimum absolute atomic E-state index is 0.0276. The molecule has 1 saturated heterocycles. The Morgan fingerprint density at radius 3 is 2.95 bits per heavy atom. The monoisotopic (exact) mass is 340 g/mol. The van der Waals surface area contributed by atoms with Crippen molar-refractivity contribution in [3.63, 3.8) is 0 Å². The first kappa shape index (κ1) is 15.3. The van der Waals surface area contributed by atoms with E-state index in [-0.39, 0.29) is 18.1 Å². The van der Waals surface area contributed by atoms with Crippen LogP contribution in [0.5, 0.6) is 0 Å². The van der Waals surface area contributed by atoms with Crippen LogP contribution in [0.3, 0.4) is 0 Å². The first-order valence-corrected chi connectivity index (χ1v) is 7.81. The van der Waals surface area contributed by atoms with E-state index in [9.17, 15) is 9.90 Å². The molecule has 0 radical (unpaired) electrons. The van der Waals surface area contributed by atoms with Gasteiger partial charge in [-0.2, -0.15) is 0 Å². The van der Waals surface area contributed by atoms with Crippen LogP contribution in [0.25, 0.3) is 0 Å². The Kier molecular flexibility index (Phi) is 5.43. The number of amides is 2. The van der Waals surface area contributed by atoms with Crippen molar-refractivity contribution in [3.05, 3.63) is 34.3 Å². The van der Waals surface area contributed by atoms with Gasteiger partial charge in [-0.05, 0) is 31.4 Å². The van der Waals surface area contributed by atoms with Crippen LogP contribution in [-0.2, 0) is 6.42 Å². The highest BCUT2D eigenvalue weighted by molar-refractivity contribution is 9.10. The second kappa shape index (κ2) is 7.09. The van der Waals surface area contributed by atoms with E-state index in [2.05, 4.69) is 27.3 Å². The first-order chi connectivity index (χ1) is 9.58. The molecule has 2 rings (SSSR count). The molecule has 1 aromatic carbocycles. The zero-order valence-corrected chi connectivity index (χ0v) is 13.3. The Hall–Kier alpha value is -1.07. The molecule has 2 atom stereocenters. The molecular weight excluding hydrogens is 320 g/mol. The number of nitrogens with one attached hydrogen (secondary N) is 1. The average Bonchev–Trinajstić information content (AvgIpc) is 2.91. The summed E-state index contributed by atoms with van der Waals surface area (Å²) < 4.78 is 1.07. The fraction of sp³-hybridized carbons (Fsp3) is 0.533. The lowest BCUT2D eigenvalue weighted by Crippen LogP contribution is -2.39. The van der Waals surface area contributed by atoms with Crippen molar-refractivity contribution in [2.24, 2.45) is 5.92 Å². The molecule has 1 aliphatic rings. The van der Waals surface area contributed by atoms with Gasteiger partial charge in [0.05, 0.1) is 6.10 Å². The van der Waals surface area contributed by atoms with Gasteiger partial charge in [0.1, 0.15) is 0 Å². The van der Waals surface area contributed by atoms with Crippen LogP contribution in [0.2, 0.25) is 0 Å². The summed E-state index contributed by atoms with van der Waals surface area (Å²) in [6.07, 6.45) is 1.35. The summed E-state index contributed by atoms with van der Waals surface area (Å²) in [4.78, 5) is 13.8. The van der Waals surface area contributed by atoms with Crippen LogP contribution >= 0.6 is 15.9 Å². The Balaban J connectivity index is 1.75. The first-order valence-electron chi connectivity index (χ1n) is 7.02. The maximum atomic E-state index is 12.0. The third kappa shape index (κ3) is 3.96. The van der Waals surface area contributed by atoms with Crippen LogP contribution in [0.1, 0.15) is 18.9 Å². The highest BCUT2D eigenvalue weighted by Crippen LogP contribution is 2.19. The number of aliphatic hydroxyl groups is 1. The molecule has 0 spiro atoms. The number of likely N-dealkylation sites (tertiary alicyclic amines) is 1. The summed E-state index contributed by atoms with van der Waals surface area (Å²) in [7, 11) is 0. The van der Waals surface area contributed by atoms with E-state index in [4.69, 9.17) is 0 Å². The predicted molar refractivity (Wildman–Crippen MR) is 82.6 cm³/mol. The number of carbonyl (C=O) groups excluding carboxylic acids is 1. The highest BCUT2D eigenvalue weighted by Gasteiger charge is 2.28. The summed E-state index contributed by atoms with van der Waals surface area (Å²) in [5, 5.41) is 12.5. The normalized spacial score (nSPS) is 19.9. The lowest BCUT2D eigenvalue weighted by atomic mass is 10.0. The van der Waals surface area contributed by atoms with E-state index in [0.717, 1.165) is 23.9 Å². The Morgan fingerprint density at radius 1 is 1.55 bits per heavy atom. The van der Waals surface area contributed by atoms with E-state index in [1.807, 2.05) is 18.2 Å². The lowest BCUT2D eigenvalue weighted by Gasteiger charge is -2.18. The Morgan fingerprint density at radius 2 is 2.30 bits per heavy atom. The molecule has 0 unspecified atom stereocenters. The summed E-state index contributed by atoms with van der Waals surface area (Å²) in [5.41, 5.74) is 1.19. The molecule has 5 heteroatoms. The number of nitrogens with zero attached hydrogens (tertiary/aromatic N) is 1. The number of halogens is 1. The summed E-state index contributed by atoms with van der Waals surface area (Å²) in [5.74, 6) is 0.212. The SMILES string of the molecule is C[C@@H](O)[C@@H]1CCN(C(=O)NCCc2ccccc2Br)C1. The largest absolute Gasteiger partial charge is 0.393 e. The van der Waals surface area contributed by atoms with E-state index in [0.29, 0.717) is 13.1 Å². The smallest absolute Gasteiger partial charge is 0.317 e. The molecular formula is C15H21BrN2O2. The molecule has 1 aliphatic heterocycles. The molecule has 20 heavy (non-hydrogen) atoms. The van der Waals surface area contributed by atoms with Crippen molar-refractivity contribution in [2.75, 3.05) is 19.6 Å². The van der Waals surface area contributed by atoms with Gasteiger partial charge < -0.3 is 15.3 Å². The number of aliphatic hydroxyl groups excluding tert-OH is 1. The topological polar surface area (TPSA) is 52.6 Å². The van der Waals surface area contributed by atoms with Gasteiger partial charge in [-0.15, -0.1) is 0 Å². The van der Waals surface area contributed by atoms with E-state index >= 15 is 0 Å². The van der Waals surface area contributed by atoms with Crippen LogP contribution in [0.15, 0.2) is 28.7 Å². The van der Waals surface area contributed by atoms with E-state index in [1.165, 1.54) is 5.56 Å². The van der Waals surface area contributed by atoms with Gasteiger partial charge in [0.15, 0.2) is 0 Å². The molecule has 0 aromatic heterocycles. The van der Waals surface area contributed by atoms with Gasteiger partial charge >= 0.3 is 6.03 Å². The molecule has 2 N–H and O–H groups in total. The summed E-state index contributed by atoms with van der Waals surface area (Å²) >= 11 is 3.50. The number of benzene rings is 1. The molecule has 0 bridgehead atoms. The molecule has 1 fully saturated rings. The van der Waals surface area contributed by atoms with Crippen LogP contribution in [0.4, 0.5) is 4.79 Å². The predicted octanol–water partition coefficient (Wildman–Crippen LogP) is 2.40. The quantitative estimate of drug-likeness (QED) is 0.884. The molecule has 0 saturated carbocycles. The van der Waals surface area contributed by atoms with Gasteiger partial charge in [-0.25, -0.2) is 4.79 Å². The average molecular weight is 341 g/mol. The third-order valence-electron chi connectivity index (χ3n) is 3.82. The van der Waals surface area contributed by atoms with E-state index in [1.54, 1.807) is 11.8 Å². The van der Waals surface area contributed by atoms with Crippen molar-refractivity contribution in [2.45, 2.75) is 25.9 Å². The number of hydrogen-bond donors (Lipinski definition) is 2. The van der Waals surface area contributed by atoms with Crippen LogP contribution < -0.4 is 5.32 Å². The van der Waals surface area contributed by atoms with E-state index < -0.39 is 0 Å². The minimum Gasteiger partial charge on any atom is -0.393 e. The lowest BCUT2D eigenvalue weighted by molar-refractivity contribution is 0.129. The summed E-state index contributed by atoms with van der Waals surface area (Å²) in [6.45, 7) is 3.80. The molecule has 1 aromatic rings. The van der Waals surface area contributed by atoms with Gasteiger partial charge in [0, 0.05) is 30.0 Å². The van der Waals surface area contributed by atoms with Crippen molar-refractivity contribution in [1.82, 2.24) is 10.2 Å². The maximum absolute atomic E-state index is 12.0. The fourth-order valence-electron chi connectivity index (χ4n) is 2.48. The van der Waals surface area contributed by atoms with Crippen LogP contribution in [0, 0.1) is 5.92 Å². The third-order valence-corrected chi connectivity index (χ3v) is 4.60. The number of urea groups is 1. The second-order valence-electron chi connectivity index (χ2n) is 5.31. The zero-order valence-electron chi connectivity index (χ0n) is 11.7. The van der Waals surface area contributed by atoms with Crippen molar-refractivity contribution in [1.29, 1.82) is 0 Å². The molecule has 2 amide bonds. The molecule has 4 nitrogen and oxygen atoms in total. The number of hydrogen-bond acceptors (Lipinski definition) is 2. The molecule has 110 valence electrons. The Bertz CT molecular complexity index is 465. The second-order valence-corrected chi connectivity index (χ2v) is 6.16. The molecule has 0 aliphatic carbocycles. The van der Waals surface area contributed by atoms with Gasteiger partial charge in [0.2, 0.25) is 0 Å². The highest BCUT2D eigenvalue weighted by atomic mass is 79.9.